The van der Waals surface area contributed by atoms with Gasteiger partial charge in [0.1, 0.15) is 5.75 Å². The molecule has 0 aliphatic heterocycles. The molecule has 0 N–H and O–H groups in total. The van der Waals surface area contributed by atoms with Crippen LogP contribution < -0.4 is 10.2 Å². The minimum absolute atomic E-state index is 0.0774. The van der Waals surface area contributed by atoms with Crippen molar-refractivity contribution >= 4 is 22.6 Å². The van der Waals surface area contributed by atoms with Crippen molar-refractivity contribution in [3.05, 3.63) is 87.3 Å². The van der Waals surface area contributed by atoms with Gasteiger partial charge in [-0.3, -0.25) is 4.79 Å². The second-order valence-electron chi connectivity index (χ2n) is 5.49. The topological polar surface area (TPSA) is 31.2 Å². The van der Waals surface area contributed by atoms with E-state index in [4.69, 9.17) is 4.74 Å². The van der Waals surface area contributed by atoms with Gasteiger partial charge in [-0.1, -0.05) is 42.5 Å². The summed E-state index contributed by atoms with van der Waals surface area (Å²) in [7, 11) is 1.87. The summed E-state index contributed by atoms with van der Waals surface area (Å²) in [5.74, 6) is 0.343. The maximum atomic E-state index is 13.3. The SMILES string of the molecule is Cn1cc(-c2ccccc2)c(=O)c(-c2cccc(O/C(F)=C/I)c2)c1. The molecule has 0 unspecified atom stereocenters. The molecule has 3 nitrogen and oxygen atoms in total. The van der Waals surface area contributed by atoms with Crippen LogP contribution in [0.25, 0.3) is 22.3 Å². The predicted molar refractivity (Wildman–Crippen MR) is 106 cm³/mol. The average molecular weight is 447 g/mol. The van der Waals surface area contributed by atoms with E-state index in [-0.39, 0.29) is 5.43 Å². The Morgan fingerprint density at radius 3 is 2.36 bits per heavy atom. The molecule has 3 rings (SSSR count). The summed E-state index contributed by atoms with van der Waals surface area (Å²) in [6.07, 6.45) is 3.57. The van der Waals surface area contributed by atoms with Crippen molar-refractivity contribution < 1.29 is 9.13 Å². The lowest BCUT2D eigenvalue weighted by Crippen LogP contribution is -2.11. The van der Waals surface area contributed by atoms with E-state index >= 15 is 0 Å². The van der Waals surface area contributed by atoms with Gasteiger partial charge in [0.15, 0.2) is 5.43 Å². The maximum absolute atomic E-state index is 13.3. The van der Waals surface area contributed by atoms with Gasteiger partial charge in [0.05, 0.1) is 0 Å². The van der Waals surface area contributed by atoms with Crippen LogP contribution in [0.1, 0.15) is 0 Å². The molecule has 0 radical (unpaired) electrons. The van der Waals surface area contributed by atoms with E-state index in [0.717, 1.165) is 5.56 Å². The van der Waals surface area contributed by atoms with Crippen LogP contribution in [0.15, 0.2) is 81.9 Å². The standard InChI is InChI=1S/C20H15FINO2/c1-23-12-17(14-6-3-2-4-7-14)20(24)18(13-23)15-8-5-9-16(10-15)25-19(21)11-22/h2-13H,1H3/b19-11+. The number of rotatable bonds is 4. The van der Waals surface area contributed by atoms with E-state index in [1.165, 1.54) is 4.08 Å². The fourth-order valence-corrected chi connectivity index (χ4v) is 2.72. The molecule has 25 heavy (non-hydrogen) atoms. The number of aryl methyl sites for hydroxylation is 1. The Hall–Kier alpha value is -2.41. The van der Waals surface area contributed by atoms with Crippen molar-refractivity contribution in [3.8, 4) is 28.0 Å². The molecule has 1 aromatic heterocycles. The Bertz CT molecular complexity index is 980. The number of ether oxygens (including phenoxy) is 1. The van der Waals surface area contributed by atoms with E-state index in [0.29, 0.717) is 22.4 Å². The van der Waals surface area contributed by atoms with Crippen LogP contribution in [0, 0.1) is 0 Å². The average Bonchev–Trinajstić information content (AvgIpc) is 2.64. The Morgan fingerprint density at radius 1 is 1.04 bits per heavy atom. The number of pyridine rings is 1. The van der Waals surface area contributed by atoms with Crippen molar-refractivity contribution in [2.75, 3.05) is 0 Å². The van der Waals surface area contributed by atoms with Gasteiger partial charge in [-0.05, 0) is 45.9 Å². The normalized spacial score (nSPS) is 11.4. The number of nitrogens with zero attached hydrogens (tertiary/aromatic N) is 1. The maximum Gasteiger partial charge on any atom is 0.284 e. The van der Waals surface area contributed by atoms with E-state index in [2.05, 4.69) is 0 Å². The Balaban J connectivity index is 2.11. The van der Waals surface area contributed by atoms with Crippen LogP contribution in [0.5, 0.6) is 5.75 Å². The molecule has 0 saturated heterocycles. The first kappa shape index (κ1) is 17.4. The molecule has 0 spiro atoms. The highest BCUT2D eigenvalue weighted by Gasteiger charge is 2.11. The highest BCUT2D eigenvalue weighted by molar-refractivity contribution is 14.1. The lowest BCUT2D eigenvalue weighted by Gasteiger charge is -2.10. The summed E-state index contributed by atoms with van der Waals surface area (Å²) in [4.78, 5) is 13.0. The third-order valence-corrected chi connectivity index (χ3v) is 4.18. The summed E-state index contributed by atoms with van der Waals surface area (Å²) in [5.41, 5.74) is 2.61. The highest BCUT2D eigenvalue weighted by Crippen LogP contribution is 2.25. The van der Waals surface area contributed by atoms with Gasteiger partial charge in [0, 0.05) is 34.7 Å². The second kappa shape index (κ2) is 7.65. The molecule has 0 aliphatic carbocycles. The first-order chi connectivity index (χ1) is 12.1. The van der Waals surface area contributed by atoms with Crippen LogP contribution in [-0.4, -0.2) is 4.57 Å². The van der Waals surface area contributed by atoms with Crippen LogP contribution in [0.2, 0.25) is 0 Å². The van der Waals surface area contributed by atoms with Gasteiger partial charge < -0.3 is 9.30 Å². The Kier molecular flexibility index (Phi) is 5.33. The van der Waals surface area contributed by atoms with E-state index in [1.54, 1.807) is 53.2 Å². The van der Waals surface area contributed by atoms with Crippen molar-refractivity contribution in [2.45, 2.75) is 0 Å². The lowest BCUT2D eigenvalue weighted by molar-refractivity contribution is 0.304. The highest BCUT2D eigenvalue weighted by atomic mass is 127. The molecule has 0 atom stereocenters. The molecular formula is C20H15FINO2. The molecule has 0 aliphatic rings. The predicted octanol–water partition coefficient (Wildman–Crippen LogP) is 5.30. The summed E-state index contributed by atoms with van der Waals surface area (Å²) in [6.45, 7) is 0. The summed E-state index contributed by atoms with van der Waals surface area (Å²) in [6, 6.07) is 15.7. The molecule has 5 heteroatoms. The van der Waals surface area contributed by atoms with Gasteiger partial charge in [0.2, 0.25) is 0 Å². The number of hydrogen-bond donors (Lipinski definition) is 0. The Morgan fingerprint density at radius 2 is 1.68 bits per heavy atom. The van der Waals surface area contributed by atoms with Crippen LogP contribution in [0.3, 0.4) is 0 Å². The first-order valence-corrected chi connectivity index (χ1v) is 8.83. The first-order valence-electron chi connectivity index (χ1n) is 7.58. The molecule has 2 aromatic carbocycles. The minimum Gasteiger partial charge on any atom is -0.431 e. The molecule has 126 valence electrons. The largest absolute Gasteiger partial charge is 0.431 e. The van der Waals surface area contributed by atoms with E-state index in [1.807, 2.05) is 48.0 Å². The number of halogens is 2. The smallest absolute Gasteiger partial charge is 0.284 e. The number of hydrogen-bond acceptors (Lipinski definition) is 2. The summed E-state index contributed by atoms with van der Waals surface area (Å²) < 4.78 is 21.5. The third kappa shape index (κ3) is 3.99. The van der Waals surface area contributed by atoms with Crippen LogP contribution >= 0.6 is 22.6 Å². The van der Waals surface area contributed by atoms with Gasteiger partial charge >= 0.3 is 0 Å². The number of aromatic nitrogens is 1. The monoisotopic (exact) mass is 447 g/mol. The van der Waals surface area contributed by atoms with Gasteiger partial charge in [0.25, 0.3) is 6.01 Å². The van der Waals surface area contributed by atoms with Crippen LogP contribution in [0.4, 0.5) is 4.39 Å². The third-order valence-electron chi connectivity index (χ3n) is 3.69. The summed E-state index contributed by atoms with van der Waals surface area (Å²) >= 11 is 1.77. The zero-order valence-electron chi connectivity index (χ0n) is 13.4. The zero-order chi connectivity index (χ0) is 17.8. The van der Waals surface area contributed by atoms with Crippen molar-refractivity contribution in [3.63, 3.8) is 0 Å². The van der Waals surface area contributed by atoms with E-state index < -0.39 is 6.01 Å². The fraction of sp³-hybridized carbons (Fsp3) is 0.0500. The minimum atomic E-state index is -0.691. The molecule has 0 saturated carbocycles. The molecular weight excluding hydrogens is 432 g/mol. The van der Waals surface area contributed by atoms with Crippen LogP contribution in [-0.2, 0) is 7.05 Å². The Labute approximate surface area is 158 Å². The lowest BCUT2D eigenvalue weighted by atomic mass is 10.0. The van der Waals surface area contributed by atoms with Crippen molar-refractivity contribution in [1.82, 2.24) is 4.57 Å². The number of benzene rings is 2. The quantitative estimate of drug-likeness (QED) is 0.402. The zero-order valence-corrected chi connectivity index (χ0v) is 15.6. The van der Waals surface area contributed by atoms with Crippen molar-refractivity contribution in [2.24, 2.45) is 7.05 Å². The van der Waals surface area contributed by atoms with Gasteiger partial charge in [-0.15, -0.1) is 0 Å². The molecule has 3 aromatic rings. The summed E-state index contributed by atoms with van der Waals surface area (Å²) in [5, 5.41) is 0. The van der Waals surface area contributed by atoms with Gasteiger partial charge in [-0.25, -0.2) is 0 Å². The second-order valence-corrected chi connectivity index (χ2v) is 6.11. The molecule has 1 heterocycles. The molecule has 0 fully saturated rings. The van der Waals surface area contributed by atoms with E-state index in [9.17, 15) is 9.18 Å². The molecule has 0 bridgehead atoms. The fourth-order valence-electron chi connectivity index (χ4n) is 2.60. The molecule has 0 amide bonds. The van der Waals surface area contributed by atoms with Crippen molar-refractivity contribution in [1.29, 1.82) is 0 Å². The van der Waals surface area contributed by atoms with Gasteiger partial charge in [-0.2, -0.15) is 4.39 Å².